The zero-order valence-corrected chi connectivity index (χ0v) is 11.1. The predicted molar refractivity (Wildman–Crippen MR) is 68.3 cm³/mol. The van der Waals surface area contributed by atoms with Gasteiger partial charge < -0.3 is 21.1 Å². The summed E-state index contributed by atoms with van der Waals surface area (Å²) >= 11 is 0. The SMILES string of the molecule is CCCC(C)(NC(=O)N1CCC(N)CC1)C(=O)O. The molecule has 0 bridgehead atoms. The molecule has 0 spiro atoms. The summed E-state index contributed by atoms with van der Waals surface area (Å²) in [5, 5.41) is 11.8. The monoisotopic (exact) mass is 257 g/mol. The smallest absolute Gasteiger partial charge is 0.329 e. The molecule has 0 aromatic rings. The quantitative estimate of drug-likeness (QED) is 0.693. The second-order valence-electron chi connectivity index (χ2n) is 5.14. The molecule has 104 valence electrons. The van der Waals surface area contributed by atoms with Crippen molar-refractivity contribution < 1.29 is 14.7 Å². The number of carbonyl (C=O) groups excluding carboxylic acids is 1. The van der Waals surface area contributed by atoms with E-state index in [1.807, 2.05) is 6.92 Å². The number of piperidine rings is 1. The maximum absolute atomic E-state index is 12.0. The Morgan fingerprint density at radius 2 is 2.00 bits per heavy atom. The van der Waals surface area contributed by atoms with Crippen molar-refractivity contribution in [1.82, 2.24) is 10.2 Å². The molecule has 0 aliphatic carbocycles. The largest absolute Gasteiger partial charge is 0.480 e. The zero-order valence-electron chi connectivity index (χ0n) is 11.1. The summed E-state index contributed by atoms with van der Waals surface area (Å²) in [7, 11) is 0. The molecule has 4 N–H and O–H groups in total. The first-order valence-corrected chi connectivity index (χ1v) is 6.45. The normalized spacial score (nSPS) is 20.3. The van der Waals surface area contributed by atoms with Crippen LogP contribution >= 0.6 is 0 Å². The van der Waals surface area contributed by atoms with Gasteiger partial charge in [0.25, 0.3) is 0 Å². The van der Waals surface area contributed by atoms with Crippen molar-refractivity contribution >= 4 is 12.0 Å². The van der Waals surface area contributed by atoms with Crippen molar-refractivity contribution in [2.75, 3.05) is 13.1 Å². The van der Waals surface area contributed by atoms with E-state index in [1.54, 1.807) is 11.8 Å². The third-order valence-electron chi connectivity index (χ3n) is 3.43. The van der Waals surface area contributed by atoms with Gasteiger partial charge in [-0.3, -0.25) is 0 Å². The van der Waals surface area contributed by atoms with Crippen LogP contribution in [0.15, 0.2) is 0 Å². The molecule has 1 fully saturated rings. The van der Waals surface area contributed by atoms with Crippen LogP contribution in [0.1, 0.15) is 39.5 Å². The lowest BCUT2D eigenvalue weighted by Crippen LogP contribution is -2.57. The van der Waals surface area contributed by atoms with E-state index in [2.05, 4.69) is 5.32 Å². The summed E-state index contributed by atoms with van der Waals surface area (Å²) in [6.45, 7) is 4.63. The van der Waals surface area contributed by atoms with E-state index in [1.165, 1.54) is 0 Å². The van der Waals surface area contributed by atoms with Crippen molar-refractivity contribution in [2.24, 2.45) is 5.73 Å². The number of hydrogen-bond acceptors (Lipinski definition) is 3. The number of nitrogens with two attached hydrogens (primary N) is 1. The van der Waals surface area contributed by atoms with Gasteiger partial charge in [-0.1, -0.05) is 13.3 Å². The van der Waals surface area contributed by atoms with E-state index in [0.717, 1.165) is 12.8 Å². The van der Waals surface area contributed by atoms with Crippen LogP contribution in [-0.4, -0.2) is 46.7 Å². The highest BCUT2D eigenvalue weighted by atomic mass is 16.4. The van der Waals surface area contributed by atoms with Gasteiger partial charge in [0, 0.05) is 19.1 Å². The van der Waals surface area contributed by atoms with Gasteiger partial charge in [-0.05, 0) is 26.2 Å². The van der Waals surface area contributed by atoms with Crippen molar-refractivity contribution in [2.45, 2.75) is 51.1 Å². The van der Waals surface area contributed by atoms with Gasteiger partial charge in [-0.2, -0.15) is 0 Å². The van der Waals surface area contributed by atoms with Gasteiger partial charge in [-0.25, -0.2) is 9.59 Å². The van der Waals surface area contributed by atoms with Crippen LogP contribution in [0.4, 0.5) is 4.79 Å². The summed E-state index contributed by atoms with van der Waals surface area (Å²) < 4.78 is 0. The maximum Gasteiger partial charge on any atom is 0.329 e. The average Bonchev–Trinajstić information content (AvgIpc) is 2.29. The van der Waals surface area contributed by atoms with Crippen molar-refractivity contribution in [3.63, 3.8) is 0 Å². The Balaban J connectivity index is 2.59. The highest BCUT2D eigenvalue weighted by molar-refractivity contribution is 5.85. The maximum atomic E-state index is 12.0. The van der Waals surface area contributed by atoms with E-state index in [0.29, 0.717) is 25.9 Å². The number of nitrogens with one attached hydrogen (secondary N) is 1. The number of nitrogens with zero attached hydrogens (tertiary/aromatic N) is 1. The van der Waals surface area contributed by atoms with Crippen LogP contribution in [0.3, 0.4) is 0 Å². The molecule has 2 amide bonds. The van der Waals surface area contributed by atoms with Crippen LogP contribution in [0.25, 0.3) is 0 Å². The van der Waals surface area contributed by atoms with Gasteiger partial charge in [0.2, 0.25) is 0 Å². The number of carbonyl (C=O) groups is 2. The Bertz CT molecular complexity index is 314. The molecule has 1 aliphatic rings. The fourth-order valence-corrected chi connectivity index (χ4v) is 2.14. The third-order valence-corrected chi connectivity index (χ3v) is 3.43. The molecule has 6 nitrogen and oxygen atoms in total. The standard InChI is InChI=1S/C12H23N3O3/c1-3-6-12(2,10(16)17)14-11(18)15-7-4-9(13)5-8-15/h9H,3-8,13H2,1-2H3,(H,14,18)(H,16,17). The van der Waals surface area contributed by atoms with Gasteiger partial charge in [0.05, 0.1) is 0 Å². The molecule has 1 rings (SSSR count). The van der Waals surface area contributed by atoms with E-state index in [9.17, 15) is 14.7 Å². The number of likely N-dealkylation sites (tertiary alicyclic amines) is 1. The molecule has 0 aromatic carbocycles. The minimum absolute atomic E-state index is 0.149. The zero-order chi connectivity index (χ0) is 13.8. The summed E-state index contributed by atoms with van der Waals surface area (Å²) in [6.07, 6.45) is 2.66. The summed E-state index contributed by atoms with van der Waals surface area (Å²) in [5.41, 5.74) is 4.58. The predicted octanol–water partition coefficient (Wildman–Crippen LogP) is 0.763. The Hall–Kier alpha value is -1.30. The number of aliphatic carboxylic acids is 1. The van der Waals surface area contributed by atoms with E-state index in [-0.39, 0.29) is 12.1 Å². The Morgan fingerprint density at radius 3 is 2.44 bits per heavy atom. The molecule has 1 unspecified atom stereocenters. The Kier molecular flexibility index (Phi) is 4.95. The van der Waals surface area contributed by atoms with Crippen LogP contribution < -0.4 is 11.1 Å². The summed E-state index contributed by atoms with van der Waals surface area (Å²) in [6, 6.07) is -0.157. The van der Waals surface area contributed by atoms with Crippen molar-refractivity contribution in [1.29, 1.82) is 0 Å². The van der Waals surface area contributed by atoms with Gasteiger partial charge in [-0.15, -0.1) is 0 Å². The fourth-order valence-electron chi connectivity index (χ4n) is 2.14. The van der Waals surface area contributed by atoms with Gasteiger partial charge in [0.1, 0.15) is 5.54 Å². The van der Waals surface area contributed by atoms with E-state index >= 15 is 0 Å². The van der Waals surface area contributed by atoms with E-state index < -0.39 is 11.5 Å². The highest BCUT2D eigenvalue weighted by Crippen LogP contribution is 2.15. The fraction of sp³-hybridized carbons (Fsp3) is 0.833. The molecule has 1 atom stereocenters. The third kappa shape index (κ3) is 3.60. The van der Waals surface area contributed by atoms with Crippen LogP contribution in [0.2, 0.25) is 0 Å². The Morgan fingerprint density at radius 1 is 1.44 bits per heavy atom. The number of rotatable bonds is 4. The molecular weight excluding hydrogens is 234 g/mol. The van der Waals surface area contributed by atoms with Crippen LogP contribution in [0.5, 0.6) is 0 Å². The van der Waals surface area contributed by atoms with Crippen LogP contribution in [0, 0.1) is 0 Å². The van der Waals surface area contributed by atoms with Crippen LogP contribution in [-0.2, 0) is 4.79 Å². The molecule has 1 heterocycles. The number of carboxylic acids is 1. The molecule has 0 radical (unpaired) electrons. The van der Waals surface area contributed by atoms with Gasteiger partial charge in [0.15, 0.2) is 0 Å². The highest BCUT2D eigenvalue weighted by Gasteiger charge is 2.35. The van der Waals surface area contributed by atoms with Crippen molar-refractivity contribution in [3.8, 4) is 0 Å². The molecule has 0 saturated carbocycles. The van der Waals surface area contributed by atoms with Gasteiger partial charge >= 0.3 is 12.0 Å². The molecule has 0 aromatic heterocycles. The number of urea groups is 1. The Labute approximate surface area is 108 Å². The summed E-state index contributed by atoms with van der Waals surface area (Å²) in [5.74, 6) is -0.994. The van der Waals surface area contributed by atoms with Crippen molar-refractivity contribution in [3.05, 3.63) is 0 Å². The second-order valence-corrected chi connectivity index (χ2v) is 5.14. The number of amides is 2. The molecule has 6 heteroatoms. The lowest BCUT2D eigenvalue weighted by atomic mass is 9.96. The average molecular weight is 257 g/mol. The lowest BCUT2D eigenvalue weighted by molar-refractivity contribution is -0.144. The topological polar surface area (TPSA) is 95.7 Å². The number of carboxylic acid groups (broad SMARTS) is 1. The lowest BCUT2D eigenvalue weighted by Gasteiger charge is -2.34. The van der Waals surface area contributed by atoms with E-state index in [4.69, 9.17) is 5.73 Å². The molecule has 1 saturated heterocycles. The summed E-state index contributed by atoms with van der Waals surface area (Å²) in [4.78, 5) is 24.9. The molecule has 1 aliphatic heterocycles. The minimum atomic E-state index is -1.19. The minimum Gasteiger partial charge on any atom is -0.480 e. The first-order chi connectivity index (χ1) is 8.39. The first-order valence-electron chi connectivity index (χ1n) is 6.45. The molecular formula is C12H23N3O3. The second kappa shape index (κ2) is 6.04. The number of hydrogen-bond donors (Lipinski definition) is 3. The molecule has 18 heavy (non-hydrogen) atoms. The first kappa shape index (κ1) is 14.8.